The molecule has 2 fully saturated rings. The van der Waals surface area contributed by atoms with Crippen molar-refractivity contribution in [3.63, 3.8) is 0 Å². The molecule has 2 aliphatic heterocycles. The summed E-state index contributed by atoms with van der Waals surface area (Å²) in [5.74, 6) is 0.623. The molecular weight excluding hydrogens is 352 g/mol. The second-order valence-corrected chi connectivity index (χ2v) is 8.89. The zero-order chi connectivity index (χ0) is 18.2. The largest absolute Gasteiger partial charge is 0.312 e. The van der Waals surface area contributed by atoms with Crippen LogP contribution in [-0.4, -0.2) is 39.5 Å². The van der Waals surface area contributed by atoms with E-state index in [1.807, 2.05) is 0 Å². The predicted molar refractivity (Wildman–Crippen MR) is 111 cm³/mol. The summed E-state index contributed by atoms with van der Waals surface area (Å²) in [5, 5.41) is 6.07. The van der Waals surface area contributed by atoms with Crippen LogP contribution in [0.1, 0.15) is 48.6 Å². The Morgan fingerprint density at radius 3 is 2.96 bits per heavy atom. The Morgan fingerprint density at radius 2 is 2.07 bits per heavy atom. The highest BCUT2D eigenvalue weighted by Gasteiger charge is 2.39. The van der Waals surface area contributed by atoms with Gasteiger partial charge in [-0.05, 0) is 44.8 Å². The number of piperidine rings is 1. The van der Waals surface area contributed by atoms with E-state index in [1.165, 1.54) is 49.2 Å². The molecular formula is C22H28N4S. The first-order valence-corrected chi connectivity index (χ1v) is 11.1. The van der Waals surface area contributed by atoms with E-state index in [-0.39, 0.29) is 0 Å². The number of nitrogens with one attached hydrogen (secondary N) is 1. The van der Waals surface area contributed by atoms with Crippen molar-refractivity contribution < 1.29 is 0 Å². The van der Waals surface area contributed by atoms with E-state index >= 15 is 0 Å². The molecule has 0 saturated carbocycles. The van der Waals surface area contributed by atoms with E-state index in [4.69, 9.17) is 4.98 Å². The normalized spacial score (nSPS) is 26.8. The number of nitrogens with zero attached hydrogens (tertiary/aromatic N) is 3. The van der Waals surface area contributed by atoms with E-state index in [9.17, 15) is 0 Å². The van der Waals surface area contributed by atoms with E-state index in [2.05, 4.69) is 63.4 Å². The number of likely N-dealkylation sites (tertiary alicyclic amines) is 1. The third-order valence-electron chi connectivity index (χ3n) is 6.49. The van der Waals surface area contributed by atoms with Gasteiger partial charge in [-0.1, -0.05) is 36.8 Å². The van der Waals surface area contributed by atoms with Gasteiger partial charge in [0.1, 0.15) is 0 Å². The van der Waals surface area contributed by atoms with Gasteiger partial charge >= 0.3 is 0 Å². The van der Waals surface area contributed by atoms with Gasteiger partial charge < -0.3 is 5.32 Å². The smallest absolute Gasteiger partial charge is 0.194 e. The van der Waals surface area contributed by atoms with E-state index in [0.29, 0.717) is 18.0 Å². The lowest BCUT2D eigenvalue weighted by atomic mass is 9.79. The average Bonchev–Trinajstić information content (AvgIpc) is 3.15. The van der Waals surface area contributed by atoms with Crippen LogP contribution in [0.3, 0.4) is 0 Å². The fraction of sp³-hybridized carbons (Fsp3) is 0.500. The minimum atomic E-state index is 0.551. The molecule has 0 bridgehead atoms. The van der Waals surface area contributed by atoms with Gasteiger partial charge in [-0.15, -0.1) is 11.3 Å². The number of imidazole rings is 1. The molecule has 0 unspecified atom stereocenters. The number of hydrogen-bond donors (Lipinski definition) is 1. The predicted octanol–water partition coefficient (Wildman–Crippen LogP) is 4.20. The minimum absolute atomic E-state index is 0.551. The third kappa shape index (κ3) is 3.22. The first-order chi connectivity index (χ1) is 13.3. The van der Waals surface area contributed by atoms with Crippen molar-refractivity contribution in [2.45, 2.75) is 57.2 Å². The van der Waals surface area contributed by atoms with Gasteiger partial charge in [-0.2, -0.15) is 0 Å². The lowest BCUT2D eigenvalue weighted by Crippen LogP contribution is -2.56. The second kappa shape index (κ2) is 7.38. The molecule has 3 aromatic rings. The molecule has 2 saturated heterocycles. The van der Waals surface area contributed by atoms with Crippen molar-refractivity contribution >= 4 is 16.3 Å². The molecule has 5 rings (SSSR count). The van der Waals surface area contributed by atoms with Crippen LogP contribution >= 0.6 is 11.3 Å². The minimum Gasteiger partial charge on any atom is -0.312 e. The van der Waals surface area contributed by atoms with Crippen LogP contribution in [-0.2, 0) is 6.54 Å². The van der Waals surface area contributed by atoms with Crippen LogP contribution in [0, 0.1) is 6.92 Å². The summed E-state index contributed by atoms with van der Waals surface area (Å²) in [7, 11) is 0. The number of aromatic nitrogens is 2. The monoisotopic (exact) mass is 380 g/mol. The Morgan fingerprint density at radius 1 is 1.19 bits per heavy atom. The highest BCUT2D eigenvalue weighted by molar-refractivity contribution is 7.15. The Bertz CT molecular complexity index is 900. The quantitative estimate of drug-likeness (QED) is 0.739. The molecule has 0 amide bonds. The zero-order valence-electron chi connectivity index (χ0n) is 16.0. The van der Waals surface area contributed by atoms with Crippen LogP contribution in [0.2, 0.25) is 0 Å². The maximum atomic E-state index is 4.76. The second-order valence-electron chi connectivity index (χ2n) is 8.02. The Labute approximate surface area is 165 Å². The van der Waals surface area contributed by atoms with Crippen molar-refractivity contribution in [3.8, 4) is 0 Å². The van der Waals surface area contributed by atoms with E-state index in [1.54, 1.807) is 11.3 Å². The Hall–Kier alpha value is -1.69. The van der Waals surface area contributed by atoms with Crippen LogP contribution in [0.25, 0.3) is 4.96 Å². The highest BCUT2D eigenvalue weighted by Crippen LogP contribution is 2.36. The first-order valence-electron chi connectivity index (χ1n) is 10.2. The molecule has 1 N–H and O–H groups in total. The van der Waals surface area contributed by atoms with Gasteiger partial charge in [0, 0.05) is 36.1 Å². The number of aryl methyl sites for hydroxylation is 1. The molecule has 2 aliphatic rings. The summed E-state index contributed by atoms with van der Waals surface area (Å²) >= 11 is 1.73. The number of fused-ring (bicyclic) bond motifs is 2. The summed E-state index contributed by atoms with van der Waals surface area (Å²) in [6, 6.07) is 12.3. The molecule has 2 aromatic heterocycles. The fourth-order valence-electron chi connectivity index (χ4n) is 5.13. The maximum absolute atomic E-state index is 4.76. The van der Waals surface area contributed by atoms with Gasteiger partial charge in [0.15, 0.2) is 4.96 Å². The lowest BCUT2D eigenvalue weighted by molar-refractivity contribution is 0.0876. The average molecular weight is 381 g/mol. The molecule has 0 radical (unpaired) electrons. The molecule has 3 atom stereocenters. The topological polar surface area (TPSA) is 32.6 Å². The number of thiazole rings is 1. The third-order valence-corrected chi connectivity index (χ3v) is 7.25. The first kappa shape index (κ1) is 17.4. The summed E-state index contributed by atoms with van der Waals surface area (Å²) in [4.78, 5) is 8.62. The van der Waals surface area contributed by atoms with Gasteiger partial charge in [0.25, 0.3) is 0 Å². The van der Waals surface area contributed by atoms with Crippen molar-refractivity contribution in [1.29, 1.82) is 0 Å². The molecule has 142 valence electrons. The molecule has 4 nitrogen and oxygen atoms in total. The summed E-state index contributed by atoms with van der Waals surface area (Å²) in [6.07, 6.45) is 7.32. The van der Waals surface area contributed by atoms with Crippen LogP contribution in [0.5, 0.6) is 0 Å². The van der Waals surface area contributed by atoms with Crippen LogP contribution < -0.4 is 5.32 Å². The number of hydrogen-bond acceptors (Lipinski definition) is 4. The van der Waals surface area contributed by atoms with Gasteiger partial charge in [0.2, 0.25) is 0 Å². The SMILES string of the molecule is Cc1nc2sccn2c1CN1CC[C@H](c2ccccc2)[C@H]2NCCCC[C@H]21. The molecule has 27 heavy (non-hydrogen) atoms. The van der Waals surface area contributed by atoms with Crippen molar-refractivity contribution in [2.75, 3.05) is 13.1 Å². The lowest BCUT2D eigenvalue weighted by Gasteiger charge is -2.45. The number of rotatable bonds is 3. The Kier molecular flexibility index (Phi) is 4.76. The fourth-order valence-corrected chi connectivity index (χ4v) is 5.91. The van der Waals surface area contributed by atoms with Crippen molar-refractivity contribution in [2.24, 2.45) is 0 Å². The summed E-state index contributed by atoms with van der Waals surface area (Å²) in [5.41, 5.74) is 4.06. The van der Waals surface area contributed by atoms with E-state index in [0.717, 1.165) is 18.1 Å². The maximum Gasteiger partial charge on any atom is 0.194 e. The standard InChI is InChI=1S/C22H28N4S/c1-16-20(26-13-14-27-22(26)24-16)15-25-12-10-18(17-7-3-2-4-8-17)21-19(25)9-5-6-11-23-21/h2-4,7-8,13-14,18-19,21,23H,5-6,9-12,15H2,1H3/t18-,19-,21-/m1/s1. The number of benzene rings is 1. The highest BCUT2D eigenvalue weighted by atomic mass is 32.1. The Balaban J connectivity index is 1.44. The van der Waals surface area contributed by atoms with Crippen LogP contribution in [0.4, 0.5) is 0 Å². The molecule has 1 aromatic carbocycles. The van der Waals surface area contributed by atoms with Gasteiger partial charge in [-0.3, -0.25) is 9.30 Å². The zero-order valence-corrected chi connectivity index (χ0v) is 16.8. The van der Waals surface area contributed by atoms with Gasteiger partial charge in [0.05, 0.1) is 11.4 Å². The van der Waals surface area contributed by atoms with Crippen molar-refractivity contribution in [3.05, 3.63) is 58.9 Å². The summed E-state index contributed by atoms with van der Waals surface area (Å²) in [6.45, 7) is 5.49. The van der Waals surface area contributed by atoms with E-state index < -0.39 is 0 Å². The van der Waals surface area contributed by atoms with Gasteiger partial charge in [-0.25, -0.2) is 4.98 Å². The molecule has 0 spiro atoms. The molecule has 4 heterocycles. The summed E-state index contributed by atoms with van der Waals surface area (Å²) < 4.78 is 2.29. The van der Waals surface area contributed by atoms with Crippen LogP contribution in [0.15, 0.2) is 41.9 Å². The van der Waals surface area contributed by atoms with Crippen molar-refractivity contribution in [1.82, 2.24) is 19.6 Å². The molecule has 0 aliphatic carbocycles. The molecule has 5 heteroatoms.